The maximum absolute atomic E-state index is 11.9. The molecule has 0 radical (unpaired) electrons. The van der Waals surface area contributed by atoms with Crippen LogP contribution in [-0.4, -0.2) is 37.8 Å². The van der Waals surface area contributed by atoms with Crippen molar-refractivity contribution in [2.45, 2.75) is 6.54 Å². The molecule has 0 atom stereocenters. The third-order valence-electron chi connectivity index (χ3n) is 3.38. The molecule has 0 heterocycles. The fourth-order valence-corrected chi connectivity index (χ4v) is 2.11. The smallest absolute Gasteiger partial charge is 0.341 e. The average Bonchev–Trinajstić information content (AvgIpc) is 2.64. The summed E-state index contributed by atoms with van der Waals surface area (Å²) >= 11 is 0. The van der Waals surface area contributed by atoms with Crippen molar-refractivity contribution in [1.29, 1.82) is 0 Å². The second kappa shape index (κ2) is 8.58. The number of ether oxygens (including phenoxy) is 3. The highest BCUT2D eigenvalue weighted by Gasteiger charge is 2.14. The molecule has 0 aliphatic rings. The van der Waals surface area contributed by atoms with Gasteiger partial charge in [0.1, 0.15) is 11.3 Å². The molecule has 0 spiro atoms. The quantitative estimate of drug-likeness (QED) is 0.744. The summed E-state index contributed by atoms with van der Waals surface area (Å²) in [5, 5.41) is 12.2. The summed E-state index contributed by atoms with van der Waals surface area (Å²) in [5.74, 6) is -0.292. The van der Waals surface area contributed by atoms with Gasteiger partial charge in [-0.2, -0.15) is 0 Å². The lowest BCUT2D eigenvalue weighted by Crippen LogP contribution is -2.28. The number of phenolic OH excluding ortho intramolecular Hbond substituents is 1. The molecule has 2 rings (SSSR count). The molecule has 0 saturated heterocycles. The number of benzene rings is 2. The van der Waals surface area contributed by atoms with Gasteiger partial charge >= 0.3 is 5.97 Å². The highest BCUT2D eigenvalue weighted by atomic mass is 16.5. The van der Waals surface area contributed by atoms with E-state index in [0.29, 0.717) is 11.3 Å². The molecule has 0 unspecified atom stereocenters. The minimum absolute atomic E-state index is 0.0341. The maximum atomic E-state index is 11.9. The Bertz CT molecular complexity index is 759. The van der Waals surface area contributed by atoms with E-state index in [1.165, 1.54) is 20.3 Å². The molecule has 1 amide bonds. The lowest BCUT2D eigenvalue weighted by molar-refractivity contribution is -0.123. The third kappa shape index (κ3) is 4.87. The molecule has 2 aromatic carbocycles. The van der Waals surface area contributed by atoms with Crippen molar-refractivity contribution < 1.29 is 28.9 Å². The van der Waals surface area contributed by atoms with Gasteiger partial charge in [0.15, 0.2) is 18.1 Å². The zero-order valence-electron chi connectivity index (χ0n) is 13.9. The Hall–Kier alpha value is -3.22. The predicted molar refractivity (Wildman–Crippen MR) is 89.8 cm³/mol. The monoisotopic (exact) mass is 345 g/mol. The lowest BCUT2D eigenvalue weighted by atomic mass is 10.1. The van der Waals surface area contributed by atoms with Crippen LogP contribution in [-0.2, 0) is 16.1 Å². The molecule has 2 N–H and O–H groups in total. The van der Waals surface area contributed by atoms with Crippen molar-refractivity contribution in [2.24, 2.45) is 0 Å². The van der Waals surface area contributed by atoms with Gasteiger partial charge in [0.25, 0.3) is 5.91 Å². The molecule has 0 aliphatic heterocycles. The molecule has 0 aromatic heterocycles. The summed E-state index contributed by atoms with van der Waals surface area (Å²) in [4.78, 5) is 23.6. The van der Waals surface area contributed by atoms with Crippen LogP contribution in [0.3, 0.4) is 0 Å². The molecule has 0 fully saturated rings. The van der Waals surface area contributed by atoms with Gasteiger partial charge in [-0.1, -0.05) is 18.2 Å². The van der Waals surface area contributed by atoms with Crippen LogP contribution >= 0.6 is 0 Å². The zero-order valence-corrected chi connectivity index (χ0v) is 13.9. The summed E-state index contributed by atoms with van der Waals surface area (Å²) in [6.45, 7) is -0.0332. The molecule has 7 nitrogen and oxygen atoms in total. The second-order valence-corrected chi connectivity index (χ2v) is 5.06. The van der Waals surface area contributed by atoms with Crippen LogP contribution in [0.15, 0.2) is 42.5 Å². The fraction of sp³-hybridized carbons (Fsp3) is 0.222. The normalized spacial score (nSPS) is 10.0. The summed E-state index contributed by atoms with van der Waals surface area (Å²) in [5.41, 5.74) is 0.985. The highest BCUT2D eigenvalue weighted by molar-refractivity contribution is 5.92. The van der Waals surface area contributed by atoms with Gasteiger partial charge in [-0.25, -0.2) is 4.79 Å². The minimum atomic E-state index is -0.520. The fourth-order valence-electron chi connectivity index (χ4n) is 2.11. The van der Waals surface area contributed by atoms with Crippen molar-refractivity contribution in [1.82, 2.24) is 5.32 Å². The number of aromatic hydroxyl groups is 1. The first-order valence-electron chi connectivity index (χ1n) is 7.48. The molecule has 0 aliphatic carbocycles. The average molecular weight is 345 g/mol. The third-order valence-corrected chi connectivity index (χ3v) is 3.38. The number of methoxy groups -OCH3 is 2. The van der Waals surface area contributed by atoms with E-state index in [-0.39, 0.29) is 36.1 Å². The van der Waals surface area contributed by atoms with E-state index in [2.05, 4.69) is 5.32 Å². The van der Waals surface area contributed by atoms with Crippen molar-refractivity contribution in [3.8, 4) is 17.2 Å². The number of phenols is 1. The van der Waals surface area contributed by atoms with Crippen molar-refractivity contribution in [3.05, 3.63) is 53.6 Å². The molecular weight excluding hydrogens is 326 g/mol. The Morgan fingerprint density at radius 1 is 1.08 bits per heavy atom. The first-order valence-corrected chi connectivity index (χ1v) is 7.48. The van der Waals surface area contributed by atoms with Gasteiger partial charge in [-0.15, -0.1) is 0 Å². The van der Waals surface area contributed by atoms with Crippen LogP contribution in [0.2, 0.25) is 0 Å². The predicted octanol–water partition coefficient (Wildman–Crippen LogP) is 1.88. The van der Waals surface area contributed by atoms with Crippen LogP contribution in [0, 0.1) is 0 Å². The molecule has 7 heteroatoms. The van der Waals surface area contributed by atoms with E-state index in [1.807, 2.05) is 0 Å². The van der Waals surface area contributed by atoms with Crippen molar-refractivity contribution in [3.63, 3.8) is 0 Å². The van der Waals surface area contributed by atoms with Crippen LogP contribution in [0.25, 0.3) is 0 Å². The first-order chi connectivity index (χ1) is 12.0. The van der Waals surface area contributed by atoms with E-state index in [0.717, 1.165) is 0 Å². The lowest BCUT2D eigenvalue weighted by Gasteiger charge is -2.11. The number of hydrogen-bond acceptors (Lipinski definition) is 6. The van der Waals surface area contributed by atoms with Gasteiger partial charge in [0, 0.05) is 6.54 Å². The second-order valence-electron chi connectivity index (χ2n) is 5.06. The Morgan fingerprint density at radius 2 is 1.84 bits per heavy atom. The molecule has 132 valence electrons. The Morgan fingerprint density at radius 3 is 2.52 bits per heavy atom. The minimum Gasteiger partial charge on any atom is -0.504 e. The van der Waals surface area contributed by atoms with Gasteiger partial charge in [-0.3, -0.25) is 4.79 Å². The Kier molecular flexibility index (Phi) is 6.22. The number of nitrogens with one attached hydrogen (secondary N) is 1. The zero-order chi connectivity index (χ0) is 18.2. The number of carbonyl (C=O) groups is 2. The van der Waals surface area contributed by atoms with E-state index in [4.69, 9.17) is 14.2 Å². The number of esters is 1. The Balaban J connectivity index is 1.93. The van der Waals surface area contributed by atoms with Crippen LogP contribution in [0.1, 0.15) is 15.9 Å². The first kappa shape index (κ1) is 18.1. The molecule has 0 saturated carbocycles. The largest absolute Gasteiger partial charge is 0.504 e. The summed E-state index contributed by atoms with van der Waals surface area (Å²) < 4.78 is 15.1. The van der Waals surface area contributed by atoms with Crippen LogP contribution < -0.4 is 14.8 Å². The summed E-state index contributed by atoms with van der Waals surface area (Å²) in [6, 6.07) is 11.3. The maximum Gasteiger partial charge on any atom is 0.341 e. The van der Waals surface area contributed by atoms with Crippen LogP contribution in [0.5, 0.6) is 17.2 Å². The topological polar surface area (TPSA) is 94.1 Å². The van der Waals surface area contributed by atoms with Gasteiger partial charge in [-0.05, 0) is 29.8 Å². The molecular formula is C18H19NO6. The number of para-hydroxylation sites is 2. The van der Waals surface area contributed by atoms with Gasteiger partial charge in [0.05, 0.1) is 14.2 Å². The number of carbonyl (C=O) groups excluding carboxylic acids is 2. The van der Waals surface area contributed by atoms with Gasteiger partial charge in [0.2, 0.25) is 0 Å². The van der Waals surface area contributed by atoms with E-state index in [9.17, 15) is 14.7 Å². The SMILES string of the molecule is COC(=O)c1cc(CNC(=O)COc2ccccc2O)ccc1OC. The number of rotatable bonds is 7. The summed E-state index contributed by atoms with van der Waals surface area (Å²) in [7, 11) is 2.74. The van der Waals surface area contributed by atoms with E-state index in [1.54, 1.807) is 36.4 Å². The highest BCUT2D eigenvalue weighted by Crippen LogP contribution is 2.24. The summed E-state index contributed by atoms with van der Waals surface area (Å²) in [6.07, 6.45) is 0. The van der Waals surface area contributed by atoms with Crippen molar-refractivity contribution in [2.75, 3.05) is 20.8 Å². The van der Waals surface area contributed by atoms with Crippen LogP contribution in [0.4, 0.5) is 0 Å². The van der Waals surface area contributed by atoms with E-state index >= 15 is 0 Å². The molecule has 2 aromatic rings. The standard InChI is InChI=1S/C18H19NO6/c1-23-15-8-7-12(9-13(15)18(22)24-2)10-19-17(21)11-25-16-6-4-3-5-14(16)20/h3-9,20H,10-11H2,1-2H3,(H,19,21). The number of amides is 1. The number of hydrogen-bond donors (Lipinski definition) is 2. The molecule has 25 heavy (non-hydrogen) atoms. The Labute approximate surface area is 145 Å². The van der Waals surface area contributed by atoms with Gasteiger partial charge < -0.3 is 24.6 Å². The molecule has 0 bridgehead atoms. The van der Waals surface area contributed by atoms with Crippen molar-refractivity contribution >= 4 is 11.9 Å². The van der Waals surface area contributed by atoms with E-state index < -0.39 is 5.97 Å².